The molecule has 0 aromatic heterocycles. The van der Waals surface area contributed by atoms with Gasteiger partial charge in [0.05, 0.1) is 0 Å². The van der Waals surface area contributed by atoms with Gasteiger partial charge < -0.3 is 0 Å². The van der Waals surface area contributed by atoms with Gasteiger partial charge in [-0.05, 0) is 93.6 Å². The SMILES string of the molecule is CCCCCCP(CCCCCC)c1ccc2ccccc2c1-c1c(P(CCCCCC)CCCCCC)ccc2ccccc12. The van der Waals surface area contributed by atoms with Crippen LogP contribution in [0.5, 0.6) is 0 Å². The third kappa shape index (κ3) is 10.6. The van der Waals surface area contributed by atoms with Crippen LogP contribution in [-0.4, -0.2) is 24.6 Å². The van der Waals surface area contributed by atoms with E-state index in [9.17, 15) is 0 Å². The van der Waals surface area contributed by atoms with Crippen molar-refractivity contribution in [2.24, 2.45) is 0 Å². The van der Waals surface area contributed by atoms with E-state index < -0.39 is 0 Å². The fourth-order valence-electron chi connectivity index (χ4n) is 7.20. The minimum atomic E-state index is -0.218. The number of benzene rings is 4. The Hall–Kier alpha value is -1.74. The highest BCUT2D eigenvalue weighted by Crippen LogP contribution is 2.48. The average Bonchev–Trinajstić information content (AvgIpc) is 3.09. The van der Waals surface area contributed by atoms with Gasteiger partial charge in [-0.1, -0.05) is 193 Å². The monoisotopic (exact) mass is 654 g/mol. The molecule has 0 atom stereocenters. The minimum absolute atomic E-state index is 0.218. The largest absolute Gasteiger partial charge is 0.0746 e. The fraction of sp³-hybridized carbons (Fsp3) is 0.545. The van der Waals surface area contributed by atoms with Crippen molar-refractivity contribution < 1.29 is 0 Å². The topological polar surface area (TPSA) is 0 Å². The molecule has 2 heteroatoms. The molecule has 4 aromatic carbocycles. The van der Waals surface area contributed by atoms with E-state index in [1.165, 1.54) is 149 Å². The zero-order valence-corrected chi connectivity index (χ0v) is 31.8. The quantitative estimate of drug-likeness (QED) is 0.0551. The summed E-state index contributed by atoms with van der Waals surface area (Å²) in [6, 6.07) is 28.8. The molecule has 0 amide bonds. The maximum atomic E-state index is 2.60. The van der Waals surface area contributed by atoms with Crippen LogP contribution in [0.2, 0.25) is 0 Å². The molecule has 0 saturated heterocycles. The normalized spacial score (nSPS) is 11.9. The Morgan fingerprint density at radius 2 is 0.674 bits per heavy atom. The van der Waals surface area contributed by atoms with Crippen molar-refractivity contribution in [3.63, 3.8) is 0 Å². The number of hydrogen-bond donors (Lipinski definition) is 0. The summed E-state index contributed by atoms with van der Waals surface area (Å²) in [7, 11) is -0.437. The minimum Gasteiger partial charge on any atom is -0.0746 e. The van der Waals surface area contributed by atoms with Gasteiger partial charge in [0.25, 0.3) is 0 Å². The van der Waals surface area contributed by atoms with Gasteiger partial charge in [0, 0.05) is 0 Å². The molecular weight excluding hydrogens is 590 g/mol. The van der Waals surface area contributed by atoms with Crippen LogP contribution in [0.25, 0.3) is 32.7 Å². The first-order valence-electron chi connectivity index (χ1n) is 19.3. The number of fused-ring (bicyclic) bond motifs is 2. The maximum Gasteiger partial charge on any atom is -0.00157 e. The third-order valence-corrected chi connectivity index (χ3v) is 15.4. The molecule has 0 N–H and O–H groups in total. The van der Waals surface area contributed by atoms with Crippen molar-refractivity contribution in [1.82, 2.24) is 0 Å². The van der Waals surface area contributed by atoms with Crippen molar-refractivity contribution in [1.29, 1.82) is 0 Å². The van der Waals surface area contributed by atoms with Gasteiger partial charge in [-0.2, -0.15) is 0 Å². The Morgan fingerprint density at radius 3 is 1.00 bits per heavy atom. The zero-order valence-electron chi connectivity index (χ0n) is 30.0. The molecule has 0 aliphatic heterocycles. The van der Waals surface area contributed by atoms with E-state index in [0.717, 1.165) is 0 Å². The predicted molar refractivity (Wildman–Crippen MR) is 216 cm³/mol. The van der Waals surface area contributed by atoms with Crippen LogP contribution in [0.15, 0.2) is 72.8 Å². The van der Waals surface area contributed by atoms with E-state index >= 15 is 0 Å². The van der Waals surface area contributed by atoms with Crippen LogP contribution in [0.1, 0.15) is 130 Å². The van der Waals surface area contributed by atoms with Crippen molar-refractivity contribution in [2.75, 3.05) is 24.6 Å². The lowest BCUT2D eigenvalue weighted by atomic mass is 9.93. The molecule has 0 aliphatic rings. The maximum absolute atomic E-state index is 2.60. The van der Waals surface area contributed by atoms with Crippen LogP contribution in [0.4, 0.5) is 0 Å². The highest BCUT2D eigenvalue weighted by Gasteiger charge is 2.24. The first-order chi connectivity index (χ1) is 22.7. The fourth-order valence-corrected chi connectivity index (χ4v) is 12.7. The highest BCUT2D eigenvalue weighted by molar-refractivity contribution is 7.66. The molecule has 0 fully saturated rings. The summed E-state index contributed by atoms with van der Waals surface area (Å²) < 4.78 is 0. The molecule has 0 saturated carbocycles. The Balaban J connectivity index is 1.91. The van der Waals surface area contributed by atoms with Crippen LogP contribution >= 0.6 is 15.8 Å². The molecule has 250 valence electrons. The summed E-state index contributed by atoms with van der Waals surface area (Å²) in [6.07, 6.45) is 27.3. The lowest BCUT2D eigenvalue weighted by Crippen LogP contribution is -2.17. The van der Waals surface area contributed by atoms with Gasteiger partial charge in [0.2, 0.25) is 0 Å². The van der Waals surface area contributed by atoms with Crippen molar-refractivity contribution >= 4 is 48.0 Å². The van der Waals surface area contributed by atoms with Gasteiger partial charge in [-0.25, -0.2) is 0 Å². The number of rotatable bonds is 23. The zero-order chi connectivity index (χ0) is 32.4. The standard InChI is InChI=1S/C44H64P2/c1-5-9-13-21-33-45(34-22-14-10-6-2)41-31-29-37-25-17-19-27-39(37)43(41)44-40-28-20-18-26-38(40)30-32-42(44)46(35-23-15-11-7-3)36-24-16-12-8-4/h17-20,25-32H,5-16,21-24,33-36H2,1-4H3. The van der Waals surface area contributed by atoms with Crippen molar-refractivity contribution in [3.05, 3.63) is 72.8 Å². The van der Waals surface area contributed by atoms with Crippen molar-refractivity contribution in [2.45, 2.75) is 130 Å². The molecule has 0 aliphatic carbocycles. The molecule has 0 radical (unpaired) electrons. The van der Waals surface area contributed by atoms with Gasteiger partial charge in [-0.15, -0.1) is 0 Å². The molecule has 4 rings (SSSR count). The third-order valence-electron chi connectivity index (χ3n) is 9.87. The molecule has 0 spiro atoms. The summed E-state index contributed by atoms with van der Waals surface area (Å²) in [6.45, 7) is 9.39. The summed E-state index contributed by atoms with van der Waals surface area (Å²) in [5.74, 6) is 0. The Labute approximate surface area is 286 Å². The summed E-state index contributed by atoms with van der Waals surface area (Å²) >= 11 is 0. The Bertz CT molecular complexity index is 1290. The molecule has 4 aromatic rings. The Kier molecular flexibility index (Phi) is 17.2. The Morgan fingerprint density at radius 1 is 0.348 bits per heavy atom. The average molecular weight is 655 g/mol. The first-order valence-corrected chi connectivity index (χ1v) is 22.7. The molecule has 0 nitrogen and oxygen atoms in total. The second kappa shape index (κ2) is 21.3. The summed E-state index contributed by atoms with van der Waals surface area (Å²) in [5.41, 5.74) is 3.22. The van der Waals surface area contributed by atoms with E-state index in [4.69, 9.17) is 0 Å². The van der Waals surface area contributed by atoms with Gasteiger partial charge in [0.15, 0.2) is 0 Å². The predicted octanol–water partition coefficient (Wildman–Crippen LogP) is 14.2. The highest BCUT2D eigenvalue weighted by atomic mass is 31.1. The molecule has 46 heavy (non-hydrogen) atoms. The molecule has 0 bridgehead atoms. The lowest BCUT2D eigenvalue weighted by molar-refractivity contribution is 0.697. The van der Waals surface area contributed by atoms with E-state index in [1.807, 2.05) is 0 Å². The second-order valence-corrected chi connectivity index (χ2v) is 18.5. The molecular formula is C44H64P2. The number of unbranched alkanes of at least 4 members (excludes halogenated alkanes) is 12. The summed E-state index contributed by atoms with van der Waals surface area (Å²) in [4.78, 5) is 0. The van der Waals surface area contributed by atoms with Gasteiger partial charge in [0.1, 0.15) is 0 Å². The van der Waals surface area contributed by atoms with Crippen molar-refractivity contribution in [3.8, 4) is 11.1 Å². The van der Waals surface area contributed by atoms with E-state index in [1.54, 1.807) is 21.7 Å². The van der Waals surface area contributed by atoms with Crippen LogP contribution in [0, 0.1) is 0 Å². The second-order valence-electron chi connectivity index (χ2n) is 13.6. The smallest absolute Gasteiger partial charge is 0.00157 e. The first kappa shape index (κ1) is 37.1. The summed E-state index contributed by atoms with van der Waals surface area (Å²) in [5, 5.41) is 9.18. The van der Waals surface area contributed by atoms with Crippen LogP contribution in [0.3, 0.4) is 0 Å². The van der Waals surface area contributed by atoms with E-state index in [2.05, 4.69) is 100 Å². The molecule has 0 heterocycles. The number of hydrogen-bond acceptors (Lipinski definition) is 0. The van der Waals surface area contributed by atoms with E-state index in [0.29, 0.717) is 0 Å². The van der Waals surface area contributed by atoms with Gasteiger partial charge >= 0.3 is 0 Å². The van der Waals surface area contributed by atoms with E-state index in [-0.39, 0.29) is 15.8 Å². The van der Waals surface area contributed by atoms with Crippen LogP contribution < -0.4 is 10.6 Å². The molecule has 0 unspecified atom stereocenters. The van der Waals surface area contributed by atoms with Crippen LogP contribution in [-0.2, 0) is 0 Å². The van der Waals surface area contributed by atoms with Gasteiger partial charge in [-0.3, -0.25) is 0 Å². The lowest BCUT2D eigenvalue weighted by Gasteiger charge is -2.28.